The predicted octanol–water partition coefficient (Wildman–Crippen LogP) is 4.68. The standard InChI is InChI=1S/C25H28N2O3S/c1-18-11-14-22(15-12-18)27(31(29,30)23-8-6-5-7-9-23)17-25(28)26-21(4)24-16-19(2)10-13-20(24)3/h5-16,21H,17H2,1-4H3,(H,26,28). The minimum absolute atomic E-state index is 0.144. The Morgan fingerprint density at radius 1 is 0.903 bits per heavy atom. The third-order valence-electron chi connectivity index (χ3n) is 5.22. The zero-order valence-electron chi connectivity index (χ0n) is 18.3. The molecule has 0 saturated carbocycles. The molecule has 0 fully saturated rings. The Balaban J connectivity index is 1.89. The third kappa shape index (κ3) is 5.33. The zero-order valence-corrected chi connectivity index (χ0v) is 19.1. The molecule has 0 spiro atoms. The van der Waals surface area contributed by atoms with Crippen LogP contribution in [0.15, 0.2) is 77.7 Å². The minimum Gasteiger partial charge on any atom is -0.348 e. The molecule has 0 heterocycles. The fourth-order valence-electron chi connectivity index (χ4n) is 3.47. The Morgan fingerprint density at radius 2 is 1.52 bits per heavy atom. The van der Waals surface area contributed by atoms with Crippen LogP contribution in [0.5, 0.6) is 0 Å². The average Bonchev–Trinajstić information content (AvgIpc) is 2.75. The third-order valence-corrected chi connectivity index (χ3v) is 7.01. The highest BCUT2D eigenvalue weighted by atomic mass is 32.2. The van der Waals surface area contributed by atoms with Crippen LogP contribution < -0.4 is 9.62 Å². The molecule has 0 aliphatic carbocycles. The van der Waals surface area contributed by atoms with Crippen LogP contribution in [0.2, 0.25) is 0 Å². The summed E-state index contributed by atoms with van der Waals surface area (Å²) in [4.78, 5) is 13.1. The molecule has 3 aromatic carbocycles. The molecular formula is C25H28N2O3S. The van der Waals surface area contributed by atoms with Crippen molar-refractivity contribution in [1.82, 2.24) is 5.32 Å². The summed E-state index contributed by atoms with van der Waals surface area (Å²) >= 11 is 0. The van der Waals surface area contributed by atoms with Crippen molar-refractivity contribution < 1.29 is 13.2 Å². The van der Waals surface area contributed by atoms with Gasteiger partial charge in [-0.2, -0.15) is 0 Å². The summed E-state index contributed by atoms with van der Waals surface area (Å²) in [6.45, 7) is 7.52. The van der Waals surface area contributed by atoms with Gasteiger partial charge in [-0.3, -0.25) is 9.10 Å². The first-order valence-corrected chi connectivity index (χ1v) is 11.6. The summed E-state index contributed by atoms with van der Waals surface area (Å²) in [6.07, 6.45) is 0. The van der Waals surface area contributed by atoms with Crippen molar-refractivity contribution in [3.63, 3.8) is 0 Å². The number of anilines is 1. The second-order valence-electron chi connectivity index (χ2n) is 7.81. The van der Waals surface area contributed by atoms with Crippen molar-refractivity contribution in [3.8, 4) is 0 Å². The van der Waals surface area contributed by atoms with Gasteiger partial charge in [-0.25, -0.2) is 8.42 Å². The van der Waals surface area contributed by atoms with Gasteiger partial charge in [0.15, 0.2) is 0 Å². The number of nitrogens with zero attached hydrogens (tertiary/aromatic N) is 1. The highest BCUT2D eigenvalue weighted by Gasteiger charge is 2.27. The fourth-order valence-corrected chi connectivity index (χ4v) is 4.91. The van der Waals surface area contributed by atoms with Gasteiger partial charge in [0.05, 0.1) is 16.6 Å². The first kappa shape index (κ1) is 22.6. The first-order valence-electron chi connectivity index (χ1n) is 10.2. The van der Waals surface area contributed by atoms with E-state index >= 15 is 0 Å². The molecule has 0 bridgehead atoms. The zero-order chi connectivity index (χ0) is 22.6. The van der Waals surface area contributed by atoms with Gasteiger partial charge in [-0.1, -0.05) is 59.7 Å². The molecule has 1 unspecified atom stereocenters. The van der Waals surface area contributed by atoms with Crippen LogP contribution in [-0.4, -0.2) is 20.9 Å². The Kier molecular flexibility index (Phi) is 6.81. The number of hydrogen-bond acceptors (Lipinski definition) is 3. The van der Waals surface area contributed by atoms with Crippen LogP contribution in [0.25, 0.3) is 0 Å². The average molecular weight is 437 g/mol. The van der Waals surface area contributed by atoms with E-state index in [0.717, 1.165) is 26.6 Å². The van der Waals surface area contributed by atoms with Crippen molar-refractivity contribution in [1.29, 1.82) is 0 Å². The lowest BCUT2D eigenvalue weighted by molar-refractivity contribution is -0.120. The van der Waals surface area contributed by atoms with E-state index in [1.54, 1.807) is 30.3 Å². The van der Waals surface area contributed by atoms with E-state index in [1.165, 1.54) is 12.1 Å². The van der Waals surface area contributed by atoms with E-state index in [4.69, 9.17) is 0 Å². The number of amides is 1. The van der Waals surface area contributed by atoms with Gasteiger partial charge in [0.2, 0.25) is 5.91 Å². The lowest BCUT2D eigenvalue weighted by Crippen LogP contribution is -2.41. The Labute approximate surface area is 184 Å². The number of nitrogens with one attached hydrogen (secondary N) is 1. The SMILES string of the molecule is Cc1ccc(N(CC(=O)NC(C)c2cc(C)ccc2C)S(=O)(=O)c2ccccc2)cc1. The molecule has 1 atom stereocenters. The number of carbonyl (C=O) groups excluding carboxylic acids is 1. The van der Waals surface area contributed by atoms with Gasteiger partial charge in [0.25, 0.3) is 10.0 Å². The van der Waals surface area contributed by atoms with Crippen molar-refractivity contribution in [2.24, 2.45) is 0 Å². The lowest BCUT2D eigenvalue weighted by atomic mass is 10.00. The normalized spacial score (nSPS) is 12.3. The number of benzene rings is 3. The summed E-state index contributed by atoms with van der Waals surface area (Å²) < 4.78 is 27.9. The predicted molar refractivity (Wildman–Crippen MR) is 125 cm³/mol. The molecule has 0 radical (unpaired) electrons. The van der Waals surface area contributed by atoms with Gasteiger partial charge < -0.3 is 5.32 Å². The molecule has 31 heavy (non-hydrogen) atoms. The molecule has 3 aromatic rings. The second-order valence-corrected chi connectivity index (χ2v) is 9.67. The molecule has 0 aliphatic heterocycles. The highest BCUT2D eigenvalue weighted by Crippen LogP contribution is 2.24. The van der Waals surface area contributed by atoms with Crippen molar-refractivity contribution in [3.05, 3.63) is 95.1 Å². The Bertz CT molecular complexity index is 1160. The van der Waals surface area contributed by atoms with Crippen LogP contribution in [0.4, 0.5) is 5.69 Å². The summed E-state index contributed by atoms with van der Waals surface area (Å²) in [7, 11) is -3.90. The highest BCUT2D eigenvalue weighted by molar-refractivity contribution is 7.92. The van der Waals surface area contributed by atoms with Crippen LogP contribution in [0.3, 0.4) is 0 Å². The van der Waals surface area contributed by atoms with Gasteiger partial charge in [-0.05, 0) is 63.1 Å². The van der Waals surface area contributed by atoms with Crippen LogP contribution in [0, 0.1) is 20.8 Å². The molecule has 0 aliphatic rings. The molecule has 1 N–H and O–H groups in total. The minimum atomic E-state index is -3.90. The topological polar surface area (TPSA) is 66.5 Å². The molecule has 6 heteroatoms. The van der Waals surface area contributed by atoms with Crippen molar-refractivity contribution in [2.45, 2.75) is 38.6 Å². The first-order chi connectivity index (χ1) is 14.7. The van der Waals surface area contributed by atoms with Crippen molar-refractivity contribution >= 4 is 21.6 Å². The van der Waals surface area contributed by atoms with Crippen molar-refractivity contribution in [2.75, 3.05) is 10.8 Å². The number of rotatable bonds is 7. The number of hydrogen-bond donors (Lipinski definition) is 1. The van der Waals surface area contributed by atoms with E-state index in [2.05, 4.69) is 5.32 Å². The van der Waals surface area contributed by atoms with E-state index in [-0.39, 0.29) is 23.4 Å². The van der Waals surface area contributed by atoms with E-state index < -0.39 is 10.0 Å². The summed E-state index contributed by atoms with van der Waals surface area (Å²) in [6, 6.07) is 21.1. The Morgan fingerprint density at radius 3 is 2.16 bits per heavy atom. The molecular weight excluding hydrogens is 408 g/mol. The monoisotopic (exact) mass is 436 g/mol. The summed E-state index contributed by atoms with van der Waals surface area (Å²) in [5.74, 6) is -0.367. The summed E-state index contributed by atoms with van der Waals surface area (Å²) in [5.41, 5.74) is 4.65. The van der Waals surface area contributed by atoms with Crippen LogP contribution in [-0.2, 0) is 14.8 Å². The molecule has 0 aromatic heterocycles. The molecule has 1 amide bonds. The van der Waals surface area contributed by atoms with E-state index in [9.17, 15) is 13.2 Å². The fraction of sp³-hybridized carbons (Fsp3) is 0.240. The smallest absolute Gasteiger partial charge is 0.264 e. The maximum atomic E-state index is 13.4. The number of aryl methyl sites for hydroxylation is 3. The van der Waals surface area contributed by atoms with Crippen LogP contribution in [0.1, 0.15) is 35.2 Å². The second kappa shape index (κ2) is 9.35. The maximum Gasteiger partial charge on any atom is 0.264 e. The van der Waals surface area contributed by atoms with Gasteiger partial charge in [-0.15, -0.1) is 0 Å². The van der Waals surface area contributed by atoms with Crippen LogP contribution >= 0.6 is 0 Å². The summed E-state index contributed by atoms with van der Waals surface area (Å²) in [5, 5.41) is 2.95. The molecule has 162 valence electrons. The largest absolute Gasteiger partial charge is 0.348 e. The molecule has 0 saturated heterocycles. The van der Waals surface area contributed by atoms with Gasteiger partial charge in [0, 0.05) is 0 Å². The van der Waals surface area contributed by atoms with E-state index in [0.29, 0.717) is 5.69 Å². The van der Waals surface area contributed by atoms with E-state index in [1.807, 2.05) is 58.0 Å². The Hall–Kier alpha value is -3.12. The lowest BCUT2D eigenvalue weighted by Gasteiger charge is -2.25. The van der Waals surface area contributed by atoms with Gasteiger partial charge >= 0.3 is 0 Å². The molecule has 5 nitrogen and oxygen atoms in total. The maximum absolute atomic E-state index is 13.4. The number of sulfonamides is 1. The van der Waals surface area contributed by atoms with Gasteiger partial charge in [0.1, 0.15) is 6.54 Å². The number of carbonyl (C=O) groups is 1. The quantitative estimate of drug-likeness (QED) is 0.585. The molecule has 3 rings (SSSR count).